The van der Waals surface area contributed by atoms with Gasteiger partial charge in [-0.05, 0) is 37.5 Å². The molecule has 0 radical (unpaired) electrons. The highest BCUT2D eigenvalue weighted by Crippen LogP contribution is 2.24. The molecule has 5 nitrogen and oxygen atoms in total. The molecule has 1 aromatic carbocycles. The molecule has 0 spiro atoms. The van der Waals surface area contributed by atoms with Crippen LogP contribution >= 0.6 is 0 Å². The molecule has 1 aromatic rings. The Labute approximate surface area is 115 Å². The largest absolute Gasteiger partial charge is 0.550 e. The standard InChI is InChI=1S/C14H14FNO4/c15-9-5-6-10-11(8-9)14(20)16(13(10)19)7-3-1-2-4-12(17)18/h5-6,8H,1-4,7H2,(H,17,18)/p-1. The monoisotopic (exact) mass is 278 g/mol. The van der Waals surface area contributed by atoms with E-state index in [4.69, 9.17) is 0 Å². The van der Waals surface area contributed by atoms with Crippen LogP contribution in [0.2, 0.25) is 0 Å². The Morgan fingerprint density at radius 1 is 1.10 bits per heavy atom. The van der Waals surface area contributed by atoms with Crippen molar-refractivity contribution in [3.63, 3.8) is 0 Å². The van der Waals surface area contributed by atoms with Crippen LogP contribution in [0.25, 0.3) is 0 Å². The van der Waals surface area contributed by atoms with Gasteiger partial charge < -0.3 is 9.90 Å². The second kappa shape index (κ2) is 5.81. The lowest BCUT2D eigenvalue weighted by Gasteiger charge is -2.13. The Balaban J connectivity index is 1.93. The van der Waals surface area contributed by atoms with Gasteiger partial charge in [0, 0.05) is 12.5 Å². The molecule has 0 aromatic heterocycles. The zero-order valence-corrected chi connectivity index (χ0v) is 10.7. The van der Waals surface area contributed by atoms with Gasteiger partial charge in [-0.3, -0.25) is 14.5 Å². The van der Waals surface area contributed by atoms with Crippen molar-refractivity contribution < 1.29 is 23.9 Å². The normalized spacial score (nSPS) is 13.8. The maximum atomic E-state index is 13.1. The quantitative estimate of drug-likeness (QED) is 0.568. The number of aliphatic carboxylic acids is 1. The van der Waals surface area contributed by atoms with E-state index in [1.807, 2.05) is 0 Å². The lowest BCUT2D eigenvalue weighted by atomic mass is 10.1. The van der Waals surface area contributed by atoms with E-state index in [9.17, 15) is 23.9 Å². The van der Waals surface area contributed by atoms with E-state index in [-0.39, 0.29) is 24.1 Å². The Hall–Kier alpha value is -2.24. The van der Waals surface area contributed by atoms with Crippen LogP contribution in [0.4, 0.5) is 4.39 Å². The van der Waals surface area contributed by atoms with Gasteiger partial charge in [0.25, 0.3) is 11.8 Å². The van der Waals surface area contributed by atoms with Gasteiger partial charge in [-0.2, -0.15) is 0 Å². The predicted octanol–water partition coefficient (Wildman–Crippen LogP) is 0.732. The van der Waals surface area contributed by atoms with Crippen molar-refractivity contribution in [1.82, 2.24) is 4.90 Å². The van der Waals surface area contributed by atoms with Gasteiger partial charge in [-0.25, -0.2) is 4.39 Å². The SMILES string of the molecule is O=C([O-])CCCCCN1C(=O)c2ccc(F)cc2C1=O. The molecule has 0 bridgehead atoms. The summed E-state index contributed by atoms with van der Waals surface area (Å²) in [5, 5.41) is 10.2. The molecule has 0 atom stereocenters. The van der Waals surface area contributed by atoms with E-state index in [0.29, 0.717) is 19.3 Å². The summed E-state index contributed by atoms with van der Waals surface area (Å²) in [6, 6.07) is 3.51. The lowest BCUT2D eigenvalue weighted by Crippen LogP contribution is -2.30. The molecule has 0 N–H and O–H groups in total. The van der Waals surface area contributed by atoms with Gasteiger partial charge in [-0.15, -0.1) is 0 Å². The van der Waals surface area contributed by atoms with E-state index in [2.05, 4.69) is 0 Å². The number of carbonyl (C=O) groups excluding carboxylic acids is 3. The highest BCUT2D eigenvalue weighted by atomic mass is 19.1. The maximum absolute atomic E-state index is 13.1. The van der Waals surface area contributed by atoms with Crippen molar-refractivity contribution in [3.05, 3.63) is 35.1 Å². The first-order valence-electron chi connectivity index (χ1n) is 6.36. The molecule has 6 heteroatoms. The number of hydrogen-bond acceptors (Lipinski definition) is 4. The third-order valence-electron chi connectivity index (χ3n) is 3.20. The minimum absolute atomic E-state index is 0.0344. The van der Waals surface area contributed by atoms with E-state index < -0.39 is 23.6 Å². The van der Waals surface area contributed by atoms with E-state index in [1.165, 1.54) is 6.07 Å². The average Bonchev–Trinajstić information content (AvgIpc) is 2.62. The number of carboxylic acids is 1. The molecule has 106 valence electrons. The molecule has 0 saturated carbocycles. The number of amides is 2. The number of fused-ring (bicyclic) bond motifs is 1. The second-order valence-electron chi connectivity index (χ2n) is 4.63. The number of imide groups is 1. The van der Waals surface area contributed by atoms with Gasteiger partial charge in [0.1, 0.15) is 5.82 Å². The van der Waals surface area contributed by atoms with Gasteiger partial charge >= 0.3 is 0 Å². The topological polar surface area (TPSA) is 77.5 Å². The number of carbonyl (C=O) groups is 3. The van der Waals surface area contributed by atoms with Crippen LogP contribution in [-0.2, 0) is 4.79 Å². The number of hydrogen-bond donors (Lipinski definition) is 0. The summed E-state index contributed by atoms with van der Waals surface area (Å²) in [7, 11) is 0. The van der Waals surface area contributed by atoms with Crippen LogP contribution in [0, 0.1) is 5.82 Å². The van der Waals surface area contributed by atoms with Crippen LogP contribution in [0.3, 0.4) is 0 Å². The fraction of sp³-hybridized carbons (Fsp3) is 0.357. The number of unbranched alkanes of at least 4 members (excludes halogenated alkanes) is 2. The molecule has 1 aliphatic rings. The second-order valence-corrected chi connectivity index (χ2v) is 4.63. The minimum atomic E-state index is -1.11. The van der Waals surface area contributed by atoms with Crippen molar-refractivity contribution in [3.8, 4) is 0 Å². The molecule has 0 aliphatic carbocycles. The first kappa shape index (κ1) is 14.2. The van der Waals surface area contributed by atoms with Crippen molar-refractivity contribution in [2.45, 2.75) is 25.7 Å². The van der Waals surface area contributed by atoms with E-state index >= 15 is 0 Å². The highest BCUT2D eigenvalue weighted by Gasteiger charge is 2.35. The number of nitrogens with zero attached hydrogens (tertiary/aromatic N) is 1. The molecule has 1 heterocycles. The van der Waals surface area contributed by atoms with Crippen LogP contribution in [0.5, 0.6) is 0 Å². The molecule has 2 rings (SSSR count). The number of rotatable bonds is 6. The molecule has 20 heavy (non-hydrogen) atoms. The third-order valence-corrected chi connectivity index (χ3v) is 3.20. The zero-order chi connectivity index (χ0) is 14.7. The summed E-state index contributed by atoms with van der Waals surface area (Å²) in [6.45, 7) is 0.209. The average molecular weight is 278 g/mol. The van der Waals surface area contributed by atoms with Crippen LogP contribution in [0.15, 0.2) is 18.2 Å². The number of carboxylic acid groups (broad SMARTS) is 1. The number of benzene rings is 1. The van der Waals surface area contributed by atoms with Crippen LogP contribution < -0.4 is 5.11 Å². The fourth-order valence-electron chi connectivity index (χ4n) is 2.18. The summed E-state index contributed by atoms with van der Waals surface area (Å²) in [5.41, 5.74) is 0.302. The van der Waals surface area contributed by atoms with E-state index in [1.54, 1.807) is 0 Å². The highest BCUT2D eigenvalue weighted by molar-refractivity contribution is 6.21. The van der Waals surface area contributed by atoms with Crippen molar-refractivity contribution in [2.75, 3.05) is 6.54 Å². The first-order valence-corrected chi connectivity index (χ1v) is 6.36. The van der Waals surface area contributed by atoms with Gasteiger partial charge in [0.2, 0.25) is 0 Å². The summed E-state index contributed by atoms with van der Waals surface area (Å²) in [4.78, 5) is 35.2. The summed E-state index contributed by atoms with van der Waals surface area (Å²) < 4.78 is 13.1. The maximum Gasteiger partial charge on any atom is 0.261 e. The van der Waals surface area contributed by atoms with Crippen LogP contribution in [-0.4, -0.2) is 29.2 Å². The Kier molecular flexibility index (Phi) is 4.12. The molecule has 0 unspecified atom stereocenters. The Bertz CT molecular complexity index is 570. The molecule has 0 saturated heterocycles. The zero-order valence-electron chi connectivity index (χ0n) is 10.7. The van der Waals surface area contributed by atoms with Gasteiger partial charge in [0.15, 0.2) is 0 Å². The first-order chi connectivity index (χ1) is 9.50. The molecule has 0 fully saturated rings. The van der Waals surface area contributed by atoms with Crippen molar-refractivity contribution in [1.29, 1.82) is 0 Å². The van der Waals surface area contributed by atoms with Crippen LogP contribution in [0.1, 0.15) is 46.4 Å². The molecule has 2 amide bonds. The predicted molar refractivity (Wildman–Crippen MR) is 65.2 cm³/mol. The number of halogens is 1. The Morgan fingerprint density at radius 3 is 2.50 bits per heavy atom. The fourth-order valence-corrected chi connectivity index (χ4v) is 2.18. The molecular formula is C14H13FNO4-. The third kappa shape index (κ3) is 2.84. The summed E-state index contributed by atoms with van der Waals surface area (Å²) in [6.07, 6.45) is 1.50. The van der Waals surface area contributed by atoms with Gasteiger partial charge in [-0.1, -0.05) is 6.42 Å². The Morgan fingerprint density at radius 2 is 1.80 bits per heavy atom. The smallest absolute Gasteiger partial charge is 0.261 e. The molecular weight excluding hydrogens is 265 g/mol. The summed E-state index contributed by atoms with van der Waals surface area (Å²) >= 11 is 0. The van der Waals surface area contributed by atoms with E-state index in [0.717, 1.165) is 17.0 Å². The van der Waals surface area contributed by atoms with Crippen molar-refractivity contribution >= 4 is 17.8 Å². The van der Waals surface area contributed by atoms with Crippen molar-refractivity contribution in [2.24, 2.45) is 0 Å². The van der Waals surface area contributed by atoms with Gasteiger partial charge in [0.05, 0.1) is 11.1 Å². The lowest BCUT2D eigenvalue weighted by molar-refractivity contribution is -0.305. The summed E-state index contributed by atoms with van der Waals surface area (Å²) in [5.74, 6) is -2.59. The molecule has 1 aliphatic heterocycles. The minimum Gasteiger partial charge on any atom is -0.550 e.